The molecule has 0 aliphatic carbocycles. The van der Waals surface area contributed by atoms with Crippen LogP contribution in [0.4, 0.5) is 0 Å². The summed E-state index contributed by atoms with van der Waals surface area (Å²) in [5.74, 6) is -0.767. The van der Waals surface area contributed by atoms with Crippen LogP contribution in [0.3, 0.4) is 0 Å². The highest BCUT2D eigenvalue weighted by Crippen LogP contribution is 2.38. The molecule has 2 heterocycles. The molecule has 2 unspecified atom stereocenters. The van der Waals surface area contributed by atoms with Gasteiger partial charge in [-0.05, 0) is 25.5 Å². The van der Waals surface area contributed by atoms with E-state index in [1.807, 2.05) is 13.8 Å². The highest BCUT2D eigenvalue weighted by molar-refractivity contribution is 8.01. The predicted molar refractivity (Wildman–Crippen MR) is 80.7 cm³/mol. The molecular weight excluding hydrogens is 318 g/mol. The van der Waals surface area contributed by atoms with E-state index >= 15 is 0 Å². The largest absolute Gasteiger partial charge is 0.480 e. The molecule has 8 heteroatoms. The highest BCUT2D eigenvalue weighted by Gasteiger charge is 2.46. The number of carboxylic acid groups (broad SMARTS) is 1. The molecule has 2 atom stereocenters. The molecule has 112 valence electrons. The summed E-state index contributed by atoms with van der Waals surface area (Å²) >= 11 is 2.59. The van der Waals surface area contributed by atoms with E-state index in [4.69, 9.17) is 0 Å². The first-order valence-electron chi connectivity index (χ1n) is 6.32. The monoisotopic (exact) mass is 335 g/mol. The molecule has 1 aliphatic rings. The Kier molecular flexibility index (Phi) is 4.78. The lowest BCUT2D eigenvalue weighted by Gasteiger charge is -2.25. The average molecular weight is 335 g/mol. The zero-order valence-electron chi connectivity index (χ0n) is 11.3. The van der Waals surface area contributed by atoms with Crippen LogP contribution in [0.5, 0.6) is 0 Å². The van der Waals surface area contributed by atoms with Crippen molar-refractivity contribution in [3.05, 3.63) is 17.0 Å². The number of thioether (sulfide) groups is 1. The van der Waals surface area contributed by atoms with E-state index in [2.05, 4.69) is 0 Å². The number of aryl methyl sites for hydroxylation is 1. The Morgan fingerprint density at radius 1 is 1.50 bits per heavy atom. The molecule has 1 saturated heterocycles. The van der Waals surface area contributed by atoms with Gasteiger partial charge in [-0.25, -0.2) is 8.42 Å². The number of carboxylic acids is 1. The molecule has 0 saturated carbocycles. The van der Waals surface area contributed by atoms with Crippen molar-refractivity contribution >= 4 is 39.1 Å². The fraction of sp³-hybridized carbons (Fsp3) is 0.583. The van der Waals surface area contributed by atoms with Crippen molar-refractivity contribution in [1.82, 2.24) is 4.31 Å². The van der Waals surface area contributed by atoms with Crippen LogP contribution in [0.1, 0.15) is 24.6 Å². The molecule has 1 fully saturated rings. The van der Waals surface area contributed by atoms with Crippen LogP contribution in [-0.2, 0) is 14.8 Å². The van der Waals surface area contributed by atoms with Crippen molar-refractivity contribution in [3.8, 4) is 0 Å². The molecule has 0 bridgehead atoms. The van der Waals surface area contributed by atoms with Crippen molar-refractivity contribution in [2.75, 3.05) is 5.75 Å². The van der Waals surface area contributed by atoms with Gasteiger partial charge < -0.3 is 5.11 Å². The molecule has 1 aliphatic heterocycles. The minimum Gasteiger partial charge on any atom is -0.480 e. The molecule has 5 nitrogen and oxygen atoms in total. The van der Waals surface area contributed by atoms with Gasteiger partial charge in [-0.1, -0.05) is 13.3 Å². The van der Waals surface area contributed by atoms with E-state index in [0.717, 1.165) is 11.3 Å². The summed E-state index contributed by atoms with van der Waals surface area (Å²) in [5, 5.41) is 8.99. The Bertz CT molecular complexity index is 596. The van der Waals surface area contributed by atoms with Crippen molar-refractivity contribution in [2.45, 2.75) is 42.3 Å². The zero-order valence-corrected chi connectivity index (χ0v) is 13.7. The van der Waals surface area contributed by atoms with Gasteiger partial charge in [-0.15, -0.1) is 23.1 Å². The lowest BCUT2D eigenvalue weighted by Crippen LogP contribution is -2.45. The van der Waals surface area contributed by atoms with E-state index in [0.29, 0.717) is 12.2 Å². The maximum absolute atomic E-state index is 12.7. The van der Waals surface area contributed by atoms with Crippen LogP contribution >= 0.6 is 23.1 Å². The smallest absolute Gasteiger partial charge is 0.322 e. The summed E-state index contributed by atoms with van der Waals surface area (Å²) in [6.07, 6.45) is 1.48. The normalized spacial score (nSPS) is 24.1. The Balaban J connectivity index is 2.41. The SMILES string of the molecule is CCCC1SCC(C(=O)O)N1S(=O)(=O)c1ccc(C)s1. The third-order valence-electron chi connectivity index (χ3n) is 3.11. The van der Waals surface area contributed by atoms with Gasteiger partial charge in [0.05, 0.1) is 5.37 Å². The van der Waals surface area contributed by atoms with Crippen LogP contribution in [0.2, 0.25) is 0 Å². The van der Waals surface area contributed by atoms with Crippen LogP contribution in [-0.4, -0.2) is 41.0 Å². The molecule has 0 amide bonds. The standard InChI is InChI=1S/C12H17NO4S3/c1-3-4-10-13(9(7-18-10)12(14)15)20(16,17)11-6-5-8(2)19-11/h5-6,9-10H,3-4,7H2,1-2H3,(H,14,15). The van der Waals surface area contributed by atoms with E-state index in [9.17, 15) is 18.3 Å². The van der Waals surface area contributed by atoms with Crippen LogP contribution in [0.15, 0.2) is 16.3 Å². The molecule has 0 spiro atoms. The number of hydrogen-bond donors (Lipinski definition) is 1. The Morgan fingerprint density at radius 3 is 2.70 bits per heavy atom. The molecule has 1 N–H and O–H groups in total. The third-order valence-corrected chi connectivity index (χ3v) is 7.98. The summed E-state index contributed by atoms with van der Waals surface area (Å²) in [6, 6.07) is 2.33. The van der Waals surface area contributed by atoms with E-state index in [1.54, 1.807) is 12.1 Å². The van der Waals surface area contributed by atoms with Gasteiger partial charge in [0.2, 0.25) is 0 Å². The summed E-state index contributed by atoms with van der Waals surface area (Å²) in [7, 11) is -3.73. The Labute approximate surface area is 127 Å². The van der Waals surface area contributed by atoms with Crippen LogP contribution in [0, 0.1) is 6.92 Å². The zero-order chi connectivity index (χ0) is 14.9. The lowest BCUT2D eigenvalue weighted by molar-refractivity contribution is -0.140. The number of nitrogens with zero attached hydrogens (tertiary/aromatic N) is 1. The summed E-state index contributed by atoms with van der Waals surface area (Å²) in [4.78, 5) is 12.2. The number of carbonyl (C=O) groups is 1. The molecule has 0 aromatic carbocycles. The summed E-state index contributed by atoms with van der Waals surface area (Å²) in [5.41, 5.74) is 0. The maximum atomic E-state index is 12.7. The average Bonchev–Trinajstić information content (AvgIpc) is 2.96. The predicted octanol–water partition coefficient (Wildman–Crippen LogP) is 2.37. The van der Waals surface area contributed by atoms with Gasteiger partial charge >= 0.3 is 5.97 Å². The number of hydrogen-bond acceptors (Lipinski definition) is 5. The number of sulfonamides is 1. The number of rotatable bonds is 5. The maximum Gasteiger partial charge on any atom is 0.322 e. The first-order valence-corrected chi connectivity index (χ1v) is 9.63. The molecule has 0 radical (unpaired) electrons. The van der Waals surface area contributed by atoms with Crippen molar-refractivity contribution in [3.63, 3.8) is 0 Å². The quantitative estimate of drug-likeness (QED) is 0.894. The minimum atomic E-state index is -3.73. The fourth-order valence-electron chi connectivity index (χ4n) is 2.16. The molecule has 2 rings (SSSR count). The number of aliphatic carboxylic acids is 1. The van der Waals surface area contributed by atoms with Gasteiger partial charge in [0.15, 0.2) is 0 Å². The third kappa shape index (κ3) is 2.88. The summed E-state index contributed by atoms with van der Waals surface area (Å²) < 4.78 is 26.8. The van der Waals surface area contributed by atoms with Gasteiger partial charge in [0, 0.05) is 10.6 Å². The Morgan fingerprint density at radius 2 is 2.20 bits per heavy atom. The van der Waals surface area contributed by atoms with Gasteiger partial charge in [-0.2, -0.15) is 4.31 Å². The van der Waals surface area contributed by atoms with Crippen molar-refractivity contribution in [1.29, 1.82) is 0 Å². The second kappa shape index (κ2) is 6.05. The topological polar surface area (TPSA) is 74.7 Å². The second-order valence-electron chi connectivity index (χ2n) is 4.63. The molecule has 1 aromatic rings. The van der Waals surface area contributed by atoms with Crippen LogP contribution in [0.25, 0.3) is 0 Å². The molecule has 20 heavy (non-hydrogen) atoms. The van der Waals surface area contributed by atoms with Gasteiger partial charge in [0.1, 0.15) is 10.3 Å². The number of thiophene rings is 1. The van der Waals surface area contributed by atoms with Crippen molar-refractivity contribution < 1.29 is 18.3 Å². The summed E-state index contributed by atoms with van der Waals surface area (Å²) in [6.45, 7) is 3.80. The van der Waals surface area contributed by atoms with Gasteiger partial charge in [0.25, 0.3) is 10.0 Å². The second-order valence-corrected chi connectivity index (χ2v) is 9.20. The van der Waals surface area contributed by atoms with Crippen LogP contribution < -0.4 is 0 Å². The van der Waals surface area contributed by atoms with E-state index in [-0.39, 0.29) is 9.58 Å². The first kappa shape index (κ1) is 15.8. The minimum absolute atomic E-state index is 0.227. The molecule has 1 aromatic heterocycles. The van der Waals surface area contributed by atoms with Crippen molar-refractivity contribution in [2.24, 2.45) is 0 Å². The fourth-order valence-corrected chi connectivity index (χ4v) is 7.21. The van der Waals surface area contributed by atoms with E-state index in [1.165, 1.54) is 27.4 Å². The van der Waals surface area contributed by atoms with Gasteiger partial charge in [-0.3, -0.25) is 4.79 Å². The lowest BCUT2D eigenvalue weighted by atomic mass is 10.3. The first-order chi connectivity index (χ1) is 9.37. The molecular formula is C12H17NO4S3. The van der Waals surface area contributed by atoms with E-state index < -0.39 is 22.0 Å². The Hall–Kier alpha value is -0.570. The highest BCUT2D eigenvalue weighted by atomic mass is 32.2.